The van der Waals surface area contributed by atoms with Gasteiger partial charge in [-0.15, -0.1) is 0 Å². The minimum Gasteiger partial charge on any atom is -0.436 e. The number of oxazole rings is 1. The lowest BCUT2D eigenvalue weighted by molar-refractivity contribution is -0.116. The highest BCUT2D eigenvalue weighted by atomic mass is 16.3. The van der Waals surface area contributed by atoms with Crippen LogP contribution in [0.2, 0.25) is 0 Å². The zero-order chi connectivity index (χ0) is 14.1. The van der Waals surface area contributed by atoms with E-state index in [1.165, 1.54) is 0 Å². The van der Waals surface area contributed by atoms with E-state index in [4.69, 9.17) is 4.42 Å². The summed E-state index contributed by atoms with van der Waals surface area (Å²) in [7, 11) is 0. The first-order chi connectivity index (χ1) is 9.63. The number of hydrogen-bond donors (Lipinski definition) is 0. The van der Waals surface area contributed by atoms with Crippen molar-refractivity contribution in [2.45, 2.75) is 20.3 Å². The highest BCUT2D eigenvalue weighted by molar-refractivity contribution is 5.81. The van der Waals surface area contributed by atoms with Crippen molar-refractivity contribution in [3.05, 3.63) is 53.6 Å². The number of hydrogen-bond acceptors (Lipinski definition) is 3. The fourth-order valence-corrected chi connectivity index (χ4v) is 2.29. The van der Waals surface area contributed by atoms with E-state index in [2.05, 4.69) is 4.98 Å². The van der Waals surface area contributed by atoms with Gasteiger partial charge in [-0.2, -0.15) is 0 Å². The van der Waals surface area contributed by atoms with Crippen molar-refractivity contribution in [1.82, 2.24) is 4.98 Å². The molecule has 0 amide bonds. The second-order valence-corrected chi connectivity index (χ2v) is 5.01. The lowest BCUT2D eigenvalue weighted by atomic mass is 10.1. The van der Waals surface area contributed by atoms with Gasteiger partial charge in [0.2, 0.25) is 5.89 Å². The number of ketones is 1. The summed E-state index contributed by atoms with van der Waals surface area (Å²) in [5.74, 6) is 0.765. The van der Waals surface area contributed by atoms with Gasteiger partial charge >= 0.3 is 0 Å². The predicted molar refractivity (Wildman–Crippen MR) is 78.6 cm³/mol. The van der Waals surface area contributed by atoms with Gasteiger partial charge in [-0.05, 0) is 43.2 Å². The Balaban J connectivity index is 2.07. The first-order valence-electron chi connectivity index (χ1n) is 6.58. The van der Waals surface area contributed by atoms with Gasteiger partial charge in [0.1, 0.15) is 11.3 Å². The number of fused-ring (bicyclic) bond motifs is 1. The molecule has 0 saturated carbocycles. The number of Topliss-reactive ketones (excluding diaryl/α,β-unsaturated/α-hetero) is 1. The molecule has 2 aromatic carbocycles. The molecule has 0 saturated heterocycles. The minimum absolute atomic E-state index is 0.142. The molecule has 3 heteroatoms. The molecule has 0 atom stereocenters. The Kier molecular flexibility index (Phi) is 3.11. The Morgan fingerprint density at radius 2 is 2.00 bits per heavy atom. The quantitative estimate of drug-likeness (QED) is 0.720. The Hall–Kier alpha value is -2.42. The van der Waals surface area contributed by atoms with Gasteiger partial charge < -0.3 is 4.42 Å². The van der Waals surface area contributed by atoms with Crippen LogP contribution in [0.5, 0.6) is 0 Å². The molecule has 0 spiro atoms. The Bertz CT molecular complexity index is 787. The second-order valence-electron chi connectivity index (χ2n) is 5.01. The predicted octanol–water partition coefficient (Wildman–Crippen LogP) is 3.93. The van der Waals surface area contributed by atoms with Crippen LogP contribution in [0.15, 0.2) is 46.9 Å². The van der Waals surface area contributed by atoms with Crippen LogP contribution < -0.4 is 0 Å². The molecule has 20 heavy (non-hydrogen) atoms. The molecule has 3 aromatic rings. The maximum Gasteiger partial charge on any atom is 0.227 e. The van der Waals surface area contributed by atoms with Crippen molar-refractivity contribution in [2.75, 3.05) is 0 Å². The molecule has 3 rings (SSSR count). The van der Waals surface area contributed by atoms with Gasteiger partial charge in [0, 0.05) is 12.0 Å². The third kappa shape index (κ3) is 2.35. The lowest BCUT2D eigenvalue weighted by Crippen LogP contribution is -1.95. The molecule has 3 nitrogen and oxygen atoms in total. The summed E-state index contributed by atoms with van der Waals surface area (Å²) >= 11 is 0. The molecule has 100 valence electrons. The van der Waals surface area contributed by atoms with Crippen molar-refractivity contribution in [2.24, 2.45) is 0 Å². The SMILES string of the molecule is CC(=O)Cc1ccc2nc(-c3ccccc3C)oc2c1. The highest BCUT2D eigenvalue weighted by Crippen LogP contribution is 2.27. The molecule has 0 unspecified atom stereocenters. The Labute approximate surface area is 117 Å². The van der Waals surface area contributed by atoms with Crippen molar-refractivity contribution in [1.29, 1.82) is 0 Å². The fourth-order valence-electron chi connectivity index (χ4n) is 2.29. The smallest absolute Gasteiger partial charge is 0.227 e. The topological polar surface area (TPSA) is 43.1 Å². The molecular formula is C17H15NO2. The van der Waals surface area contributed by atoms with Crippen molar-refractivity contribution >= 4 is 16.9 Å². The number of rotatable bonds is 3. The van der Waals surface area contributed by atoms with Gasteiger partial charge in [0.25, 0.3) is 0 Å². The lowest BCUT2D eigenvalue weighted by Gasteiger charge is -1.98. The van der Waals surface area contributed by atoms with E-state index in [9.17, 15) is 4.79 Å². The normalized spacial score (nSPS) is 10.9. The average Bonchev–Trinajstić information content (AvgIpc) is 2.81. The van der Waals surface area contributed by atoms with E-state index in [1.807, 2.05) is 49.4 Å². The third-order valence-corrected chi connectivity index (χ3v) is 3.28. The number of aromatic nitrogens is 1. The van der Waals surface area contributed by atoms with Gasteiger partial charge in [-0.25, -0.2) is 4.98 Å². The van der Waals surface area contributed by atoms with E-state index >= 15 is 0 Å². The Morgan fingerprint density at radius 1 is 1.20 bits per heavy atom. The molecule has 1 aromatic heterocycles. The van der Waals surface area contributed by atoms with Gasteiger partial charge in [0.15, 0.2) is 5.58 Å². The second kappa shape index (κ2) is 4.93. The molecule has 0 N–H and O–H groups in total. The number of benzene rings is 2. The fraction of sp³-hybridized carbons (Fsp3) is 0.176. The van der Waals surface area contributed by atoms with Crippen molar-refractivity contribution < 1.29 is 9.21 Å². The summed E-state index contributed by atoms with van der Waals surface area (Å²) in [5, 5.41) is 0. The van der Waals surface area contributed by atoms with E-state index in [0.29, 0.717) is 12.3 Å². The van der Waals surface area contributed by atoms with Crippen LogP contribution in [0.3, 0.4) is 0 Å². The molecular weight excluding hydrogens is 250 g/mol. The standard InChI is InChI=1S/C17H15NO2/c1-11-5-3-4-6-14(11)17-18-15-8-7-13(9-12(2)19)10-16(15)20-17/h3-8,10H,9H2,1-2H3. The maximum atomic E-state index is 11.2. The number of carbonyl (C=O) groups excluding carboxylic acids is 1. The zero-order valence-electron chi connectivity index (χ0n) is 11.5. The van der Waals surface area contributed by atoms with Crippen LogP contribution >= 0.6 is 0 Å². The number of aryl methyl sites for hydroxylation is 1. The van der Waals surface area contributed by atoms with Gasteiger partial charge in [0.05, 0.1) is 0 Å². The van der Waals surface area contributed by atoms with Crippen molar-refractivity contribution in [3.8, 4) is 11.5 Å². The zero-order valence-corrected chi connectivity index (χ0v) is 11.5. The van der Waals surface area contributed by atoms with Crippen LogP contribution in [0.1, 0.15) is 18.1 Å². The van der Waals surface area contributed by atoms with E-state index in [-0.39, 0.29) is 5.78 Å². The Morgan fingerprint density at radius 3 is 2.75 bits per heavy atom. The first kappa shape index (κ1) is 12.6. The van der Waals surface area contributed by atoms with E-state index < -0.39 is 0 Å². The summed E-state index contributed by atoms with van der Waals surface area (Å²) in [6.45, 7) is 3.62. The number of nitrogens with zero attached hydrogens (tertiary/aromatic N) is 1. The largest absolute Gasteiger partial charge is 0.436 e. The van der Waals surface area contributed by atoms with E-state index in [1.54, 1.807) is 6.92 Å². The summed E-state index contributed by atoms with van der Waals surface area (Å²) < 4.78 is 5.83. The summed E-state index contributed by atoms with van der Waals surface area (Å²) in [6.07, 6.45) is 0.427. The summed E-state index contributed by atoms with van der Waals surface area (Å²) in [5.41, 5.74) is 4.62. The maximum absolute atomic E-state index is 11.2. The molecule has 1 heterocycles. The van der Waals surface area contributed by atoms with Gasteiger partial charge in [-0.1, -0.05) is 24.3 Å². The van der Waals surface area contributed by atoms with Crippen LogP contribution in [-0.4, -0.2) is 10.8 Å². The summed E-state index contributed by atoms with van der Waals surface area (Å²) in [6, 6.07) is 13.7. The number of carbonyl (C=O) groups is 1. The molecule has 0 aliphatic heterocycles. The molecule has 0 aliphatic carbocycles. The monoisotopic (exact) mass is 265 g/mol. The first-order valence-corrected chi connectivity index (χ1v) is 6.58. The van der Waals surface area contributed by atoms with E-state index in [0.717, 1.165) is 27.8 Å². The molecule has 0 radical (unpaired) electrons. The summed E-state index contributed by atoms with van der Waals surface area (Å²) in [4.78, 5) is 15.7. The van der Waals surface area contributed by atoms with Crippen LogP contribution in [0.25, 0.3) is 22.6 Å². The average molecular weight is 265 g/mol. The van der Waals surface area contributed by atoms with Gasteiger partial charge in [-0.3, -0.25) is 4.79 Å². The van der Waals surface area contributed by atoms with Crippen molar-refractivity contribution in [3.63, 3.8) is 0 Å². The molecule has 0 fully saturated rings. The highest BCUT2D eigenvalue weighted by Gasteiger charge is 2.10. The third-order valence-electron chi connectivity index (χ3n) is 3.28. The van der Waals surface area contributed by atoms with Crippen LogP contribution in [-0.2, 0) is 11.2 Å². The van der Waals surface area contributed by atoms with Crippen LogP contribution in [0.4, 0.5) is 0 Å². The minimum atomic E-state index is 0.142. The van der Waals surface area contributed by atoms with Crippen LogP contribution in [0, 0.1) is 6.92 Å². The molecule has 0 aliphatic rings. The molecule has 0 bridgehead atoms.